The Morgan fingerprint density at radius 1 is 1.28 bits per heavy atom. The Balaban J connectivity index is 2.01. The summed E-state index contributed by atoms with van der Waals surface area (Å²) in [5.41, 5.74) is 1.21. The molecule has 0 aliphatic carbocycles. The van der Waals surface area contributed by atoms with Gasteiger partial charge in [0.2, 0.25) is 5.91 Å². The van der Waals surface area contributed by atoms with Crippen LogP contribution in [-0.4, -0.2) is 30.1 Å². The minimum atomic E-state index is -0.0684. The van der Waals surface area contributed by atoms with E-state index in [2.05, 4.69) is 31.3 Å². The fourth-order valence-corrected chi connectivity index (χ4v) is 2.48. The quantitative estimate of drug-likeness (QED) is 0.881. The van der Waals surface area contributed by atoms with Crippen molar-refractivity contribution in [3.05, 3.63) is 35.9 Å². The third-order valence-corrected chi connectivity index (χ3v) is 3.48. The van der Waals surface area contributed by atoms with Crippen molar-refractivity contribution in [2.45, 2.75) is 38.9 Å². The van der Waals surface area contributed by atoms with Crippen LogP contribution in [0.15, 0.2) is 30.3 Å². The Morgan fingerprint density at radius 2 is 1.94 bits per heavy atom. The third-order valence-electron chi connectivity index (χ3n) is 3.48. The molecule has 0 aromatic heterocycles. The first kappa shape index (κ1) is 13.1. The lowest BCUT2D eigenvalue weighted by Crippen LogP contribution is -2.36. The van der Waals surface area contributed by atoms with Gasteiger partial charge in [-0.15, -0.1) is 0 Å². The maximum atomic E-state index is 12.2. The van der Waals surface area contributed by atoms with Crippen LogP contribution in [0, 0.1) is 5.92 Å². The summed E-state index contributed by atoms with van der Waals surface area (Å²) in [6.45, 7) is 4.37. The van der Waals surface area contributed by atoms with Crippen LogP contribution in [-0.2, 0) is 11.2 Å². The molecule has 2 unspecified atom stereocenters. The molecule has 1 N–H and O–H groups in total. The first-order valence-corrected chi connectivity index (χ1v) is 6.64. The van der Waals surface area contributed by atoms with Gasteiger partial charge in [0.25, 0.3) is 0 Å². The van der Waals surface area contributed by atoms with E-state index in [-0.39, 0.29) is 18.1 Å². The molecule has 1 aromatic carbocycles. The Hall–Kier alpha value is -1.35. The van der Waals surface area contributed by atoms with Crippen LogP contribution in [0.2, 0.25) is 0 Å². The Kier molecular flexibility index (Phi) is 4.02. The molecule has 0 spiro atoms. The topological polar surface area (TPSA) is 32.3 Å². The van der Waals surface area contributed by atoms with Gasteiger partial charge in [0.05, 0.1) is 12.2 Å². The maximum Gasteiger partial charge on any atom is 0.241 e. The molecule has 1 heterocycles. The Morgan fingerprint density at radius 3 is 2.56 bits per heavy atom. The summed E-state index contributed by atoms with van der Waals surface area (Å²) in [4.78, 5) is 14.0. The zero-order valence-electron chi connectivity index (χ0n) is 11.4. The van der Waals surface area contributed by atoms with Crippen molar-refractivity contribution >= 4 is 5.91 Å². The Labute approximate surface area is 109 Å². The molecule has 18 heavy (non-hydrogen) atoms. The fraction of sp³-hybridized carbons (Fsp3) is 0.533. The molecule has 1 amide bonds. The highest BCUT2D eigenvalue weighted by atomic mass is 16.2. The van der Waals surface area contributed by atoms with Crippen molar-refractivity contribution in [3.63, 3.8) is 0 Å². The number of rotatable bonds is 4. The molecule has 2 atom stereocenters. The molecule has 3 heteroatoms. The second kappa shape index (κ2) is 5.53. The lowest BCUT2D eigenvalue weighted by Gasteiger charge is -2.20. The summed E-state index contributed by atoms with van der Waals surface area (Å²) >= 11 is 0. The molecule has 0 bridgehead atoms. The number of hydrogen-bond donors (Lipinski definition) is 1. The number of nitrogens with one attached hydrogen (secondary N) is 1. The highest BCUT2D eigenvalue weighted by Gasteiger charge is 2.36. The molecule has 3 nitrogen and oxygen atoms in total. The largest absolute Gasteiger partial charge is 0.329 e. The summed E-state index contributed by atoms with van der Waals surface area (Å²) < 4.78 is 0. The minimum Gasteiger partial charge on any atom is -0.329 e. The Bertz CT molecular complexity index is 402. The third kappa shape index (κ3) is 2.91. The number of amides is 1. The van der Waals surface area contributed by atoms with Crippen molar-refractivity contribution in [2.24, 2.45) is 5.92 Å². The lowest BCUT2D eigenvalue weighted by atomic mass is 10.1. The number of nitrogens with zero attached hydrogens (tertiary/aromatic N) is 1. The number of carbonyl (C=O) groups excluding carboxylic acids is 1. The minimum absolute atomic E-state index is 0.0684. The van der Waals surface area contributed by atoms with Gasteiger partial charge in [-0.1, -0.05) is 44.2 Å². The smallest absolute Gasteiger partial charge is 0.241 e. The molecule has 2 rings (SSSR count). The van der Waals surface area contributed by atoms with Crippen LogP contribution in [0.4, 0.5) is 0 Å². The van der Waals surface area contributed by atoms with Crippen LogP contribution in [0.5, 0.6) is 0 Å². The number of benzene rings is 1. The highest BCUT2D eigenvalue weighted by Crippen LogP contribution is 2.18. The summed E-state index contributed by atoms with van der Waals surface area (Å²) in [5, 5.41) is 3.45. The molecular weight excluding hydrogens is 224 g/mol. The average molecular weight is 246 g/mol. The fourth-order valence-electron chi connectivity index (χ4n) is 2.48. The van der Waals surface area contributed by atoms with E-state index in [9.17, 15) is 4.79 Å². The van der Waals surface area contributed by atoms with Crippen LogP contribution in [0.3, 0.4) is 0 Å². The molecule has 1 aliphatic heterocycles. The van der Waals surface area contributed by atoms with Gasteiger partial charge >= 0.3 is 0 Å². The second-order valence-corrected chi connectivity index (χ2v) is 5.50. The van der Waals surface area contributed by atoms with Gasteiger partial charge in [-0.2, -0.15) is 0 Å². The predicted molar refractivity (Wildman–Crippen MR) is 73.1 cm³/mol. The van der Waals surface area contributed by atoms with E-state index in [1.807, 2.05) is 30.1 Å². The molecular formula is C15H22N2O. The van der Waals surface area contributed by atoms with E-state index >= 15 is 0 Å². The monoisotopic (exact) mass is 246 g/mol. The van der Waals surface area contributed by atoms with Crippen molar-refractivity contribution in [1.29, 1.82) is 0 Å². The predicted octanol–water partition coefficient (Wildman–Crippen LogP) is 2.03. The van der Waals surface area contributed by atoms with Crippen LogP contribution >= 0.6 is 0 Å². The van der Waals surface area contributed by atoms with Gasteiger partial charge in [0.15, 0.2) is 0 Å². The van der Waals surface area contributed by atoms with Crippen molar-refractivity contribution in [2.75, 3.05) is 7.05 Å². The molecule has 0 saturated carbocycles. The average Bonchev–Trinajstić information content (AvgIpc) is 2.58. The van der Waals surface area contributed by atoms with E-state index in [4.69, 9.17) is 0 Å². The lowest BCUT2D eigenvalue weighted by molar-refractivity contribution is -0.128. The zero-order valence-corrected chi connectivity index (χ0v) is 11.4. The van der Waals surface area contributed by atoms with Crippen molar-refractivity contribution in [3.8, 4) is 0 Å². The van der Waals surface area contributed by atoms with Gasteiger partial charge in [0.1, 0.15) is 0 Å². The van der Waals surface area contributed by atoms with E-state index in [0.717, 1.165) is 12.8 Å². The van der Waals surface area contributed by atoms with Crippen LogP contribution in [0.25, 0.3) is 0 Å². The number of carbonyl (C=O) groups is 1. The van der Waals surface area contributed by atoms with Crippen LogP contribution < -0.4 is 5.32 Å². The normalized spacial score (nSPS) is 24.0. The van der Waals surface area contributed by atoms with E-state index in [1.54, 1.807) is 0 Å². The van der Waals surface area contributed by atoms with E-state index in [1.165, 1.54) is 5.56 Å². The zero-order chi connectivity index (χ0) is 13.1. The first-order chi connectivity index (χ1) is 8.58. The maximum absolute atomic E-state index is 12.2. The summed E-state index contributed by atoms with van der Waals surface area (Å²) in [7, 11) is 1.90. The van der Waals surface area contributed by atoms with E-state index in [0.29, 0.717) is 5.92 Å². The number of hydrogen-bond acceptors (Lipinski definition) is 2. The molecule has 0 radical (unpaired) electrons. The van der Waals surface area contributed by atoms with Gasteiger partial charge in [-0.25, -0.2) is 0 Å². The van der Waals surface area contributed by atoms with Gasteiger partial charge < -0.3 is 4.90 Å². The molecule has 1 aromatic rings. The van der Waals surface area contributed by atoms with Gasteiger partial charge in [-0.05, 0) is 24.3 Å². The van der Waals surface area contributed by atoms with Crippen molar-refractivity contribution < 1.29 is 4.79 Å². The summed E-state index contributed by atoms with van der Waals surface area (Å²) in [5.74, 6) is 0.803. The SMILES string of the molecule is CC(C)CC1NC(Cc2ccccc2)C(=O)N1C. The standard InChI is InChI=1S/C15H22N2O/c1-11(2)9-14-16-13(15(18)17(14)3)10-12-7-5-4-6-8-12/h4-8,11,13-14,16H,9-10H2,1-3H3. The van der Waals surface area contributed by atoms with Gasteiger partial charge in [-0.3, -0.25) is 10.1 Å². The number of likely N-dealkylation sites (N-methyl/N-ethyl adjacent to an activating group) is 1. The summed E-state index contributed by atoms with van der Waals surface area (Å²) in [6.07, 6.45) is 1.97. The molecule has 1 fully saturated rings. The van der Waals surface area contributed by atoms with Gasteiger partial charge in [0, 0.05) is 7.05 Å². The second-order valence-electron chi connectivity index (χ2n) is 5.50. The summed E-state index contributed by atoms with van der Waals surface area (Å²) in [6, 6.07) is 10.1. The molecule has 1 saturated heterocycles. The van der Waals surface area contributed by atoms with E-state index < -0.39 is 0 Å². The van der Waals surface area contributed by atoms with Crippen molar-refractivity contribution in [1.82, 2.24) is 10.2 Å². The molecule has 98 valence electrons. The highest BCUT2D eigenvalue weighted by molar-refractivity contribution is 5.84. The molecule has 1 aliphatic rings. The first-order valence-electron chi connectivity index (χ1n) is 6.64. The van der Waals surface area contributed by atoms with Crippen LogP contribution in [0.1, 0.15) is 25.8 Å².